The Balaban J connectivity index is 1.52. The highest BCUT2D eigenvalue weighted by atomic mass is 19.4. The SMILES string of the molecule is [C-]#[N+]C[C@H]1CN(c2nc(OC[C@@H]3CCCN3C)nn3c(Cc4ccccc4C(F)(F)F)cnc23)CCN1C(=O)C=C. The molecule has 4 heterocycles. The van der Waals surface area contributed by atoms with Crippen molar-refractivity contribution in [3.05, 3.63) is 71.4 Å². The lowest BCUT2D eigenvalue weighted by atomic mass is 10.0. The summed E-state index contributed by atoms with van der Waals surface area (Å²) in [5.41, 5.74) is 0.196. The second-order valence-electron chi connectivity index (χ2n) is 10.3. The molecule has 0 unspecified atom stereocenters. The molecule has 0 N–H and O–H groups in total. The smallest absolute Gasteiger partial charge is 0.416 e. The average molecular weight is 569 g/mol. The molecule has 2 aliphatic heterocycles. The van der Waals surface area contributed by atoms with Gasteiger partial charge < -0.3 is 24.3 Å². The van der Waals surface area contributed by atoms with Crippen LogP contribution >= 0.6 is 0 Å². The van der Waals surface area contributed by atoms with Crippen LogP contribution in [-0.2, 0) is 17.4 Å². The first-order valence-electron chi connectivity index (χ1n) is 13.4. The highest BCUT2D eigenvalue weighted by Gasteiger charge is 2.35. The number of halogens is 3. The highest BCUT2D eigenvalue weighted by Crippen LogP contribution is 2.33. The fourth-order valence-electron chi connectivity index (χ4n) is 5.51. The minimum atomic E-state index is -4.50. The molecule has 2 aliphatic rings. The van der Waals surface area contributed by atoms with E-state index in [0.717, 1.165) is 25.5 Å². The largest absolute Gasteiger partial charge is 0.461 e. The average Bonchev–Trinajstić information content (AvgIpc) is 3.56. The number of rotatable bonds is 8. The number of nitrogens with zero attached hydrogens (tertiary/aromatic N) is 8. The lowest BCUT2D eigenvalue weighted by Crippen LogP contribution is -2.56. The lowest BCUT2D eigenvalue weighted by molar-refractivity contribution is -0.138. The van der Waals surface area contributed by atoms with E-state index in [1.165, 1.54) is 28.9 Å². The van der Waals surface area contributed by atoms with Crippen molar-refractivity contribution in [2.45, 2.75) is 37.5 Å². The summed E-state index contributed by atoms with van der Waals surface area (Å²) in [6.45, 7) is 13.5. The van der Waals surface area contributed by atoms with Crippen molar-refractivity contribution in [2.24, 2.45) is 0 Å². The number of hydrogen-bond acceptors (Lipinski definition) is 7. The number of carbonyl (C=O) groups excluding carboxylic acids is 1. The van der Waals surface area contributed by atoms with Crippen LogP contribution in [0.2, 0.25) is 0 Å². The number of carbonyl (C=O) groups is 1. The van der Waals surface area contributed by atoms with Gasteiger partial charge in [-0.2, -0.15) is 18.2 Å². The van der Waals surface area contributed by atoms with Gasteiger partial charge in [-0.15, -0.1) is 5.10 Å². The number of fused-ring (bicyclic) bond motifs is 1. The first kappa shape index (κ1) is 28.4. The van der Waals surface area contributed by atoms with Crippen LogP contribution in [0.4, 0.5) is 19.0 Å². The predicted molar refractivity (Wildman–Crippen MR) is 146 cm³/mol. The summed E-state index contributed by atoms with van der Waals surface area (Å²) >= 11 is 0. The molecule has 0 radical (unpaired) electrons. The summed E-state index contributed by atoms with van der Waals surface area (Å²) in [5, 5.41) is 4.54. The van der Waals surface area contributed by atoms with Crippen molar-refractivity contribution >= 4 is 17.4 Å². The van der Waals surface area contributed by atoms with Crippen LogP contribution in [-0.4, -0.2) is 93.8 Å². The number of aromatic nitrogens is 4. The van der Waals surface area contributed by atoms with Crippen molar-refractivity contribution < 1.29 is 22.7 Å². The Morgan fingerprint density at radius 1 is 1.24 bits per heavy atom. The first-order chi connectivity index (χ1) is 19.7. The summed E-state index contributed by atoms with van der Waals surface area (Å²) in [6, 6.07) is 5.34. The fourth-order valence-corrected chi connectivity index (χ4v) is 5.51. The van der Waals surface area contributed by atoms with Gasteiger partial charge in [0.15, 0.2) is 11.5 Å². The molecule has 2 saturated heterocycles. The third-order valence-electron chi connectivity index (χ3n) is 7.71. The Bertz CT molecular complexity index is 1470. The number of hydrogen-bond donors (Lipinski definition) is 0. The van der Waals surface area contributed by atoms with Gasteiger partial charge >= 0.3 is 12.2 Å². The van der Waals surface area contributed by atoms with Crippen LogP contribution in [0.5, 0.6) is 6.01 Å². The number of piperazine rings is 1. The minimum absolute atomic E-state index is 0.0555. The molecule has 13 heteroatoms. The second kappa shape index (κ2) is 11.7. The van der Waals surface area contributed by atoms with E-state index in [-0.39, 0.29) is 36.5 Å². The molecule has 2 aromatic heterocycles. The maximum atomic E-state index is 13.7. The summed E-state index contributed by atoms with van der Waals surface area (Å²) in [7, 11) is 2.03. The van der Waals surface area contributed by atoms with E-state index in [1.54, 1.807) is 11.0 Å². The number of imidazole rings is 1. The van der Waals surface area contributed by atoms with Crippen LogP contribution in [0.3, 0.4) is 0 Å². The zero-order valence-electron chi connectivity index (χ0n) is 22.7. The quantitative estimate of drug-likeness (QED) is 0.305. The van der Waals surface area contributed by atoms with E-state index in [2.05, 4.69) is 31.4 Å². The van der Waals surface area contributed by atoms with Gasteiger partial charge in [-0.25, -0.2) is 16.1 Å². The Hall–Kier alpha value is -4.18. The number of likely N-dealkylation sites (N-methyl/N-ethyl adjacent to an activating group) is 1. The van der Waals surface area contributed by atoms with Crippen LogP contribution in [0, 0.1) is 6.57 Å². The molecule has 2 fully saturated rings. The molecule has 41 heavy (non-hydrogen) atoms. The van der Waals surface area contributed by atoms with Crippen molar-refractivity contribution in [3.8, 4) is 6.01 Å². The van der Waals surface area contributed by atoms with Gasteiger partial charge in [0.1, 0.15) is 12.6 Å². The van der Waals surface area contributed by atoms with Gasteiger partial charge in [0.25, 0.3) is 0 Å². The molecule has 2 atom stereocenters. The van der Waals surface area contributed by atoms with Gasteiger partial charge in [-0.05, 0) is 44.1 Å². The number of likely N-dealkylation sites (tertiary alicyclic amines) is 1. The molecule has 0 spiro atoms. The molecule has 1 aromatic carbocycles. The molecular formula is C28H31F3N8O2. The lowest BCUT2D eigenvalue weighted by Gasteiger charge is -2.39. The number of alkyl halides is 3. The van der Waals surface area contributed by atoms with Crippen LogP contribution in [0.25, 0.3) is 10.5 Å². The summed E-state index contributed by atoms with van der Waals surface area (Å²) in [4.78, 5) is 30.9. The van der Waals surface area contributed by atoms with Crippen molar-refractivity contribution in [2.75, 3.05) is 51.3 Å². The van der Waals surface area contributed by atoms with Gasteiger partial charge in [0.05, 0.1) is 17.5 Å². The Labute approximate surface area is 235 Å². The van der Waals surface area contributed by atoms with E-state index < -0.39 is 17.8 Å². The predicted octanol–water partition coefficient (Wildman–Crippen LogP) is 3.33. The van der Waals surface area contributed by atoms with Crippen LogP contribution < -0.4 is 9.64 Å². The zero-order valence-corrected chi connectivity index (χ0v) is 22.7. The van der Waals surface area contributed by atoms with Crippen LogP contribution in [0.1, 0.15) is 29.7 Å². The summed E-state index contributed by atoms with van der Waals surface area (Å²) in [6.07, 6.45) is 0.230. The number of anilines is 1. The molecule has 5 rings (SSSR count). The Kier molecular flexibility index (Phi) is 8.12. The second-order valence-corrected chi connectivity index (χ2v) is 10.3. The molecule has 216 valence electrons. The highest BCUT2D eigenvalue weighted by molar-refractivity contribution is 5.87. The topological polar surface area (TPSA) is 83.5 Å². The normalized spacial score (nSPS) is 19.9. The van der Waals surface area contributed by atoms with Gasteiger partial charge in [-0.3, -0.25) is 4.79 Å². The van der Waals surface area contributed by atoms with Crippen LogP contribution in [0.15, 0.2) is 43.1 Å². The molecule has 0 aliphatic carbocycles. The monoisotopic (exact) mass is 568 g/mol. The zero-order chi connectivity index (χ0) is 29.1. The number of amides is 1. The summed E-state index contributed by atoms with van der Waals surface area (Å²) in [5.74, 6) is 0.188. The van der Waals surface area contributed by atoms with E-state index in [1.807, 2.05) is 11.9 Å². The molecule has 1 amide bonds. The third kappa shape index (κ3) is 5.97. The van der Waals surface area contributed by atoms with Gasteiger partial charge in [-0.1, -0.05) is 24.8 Å². The van der Waals surface area contributed by atoms with E-state index >= 15 is 0 Å². The standard InChI is InChI=1S/C28H31F3N8O2/c1-4-24(40)38-13-12-37(17-22(38)15-32-2)26-25-33-16-21(14-19-8-5-6-10-23(19)28(29,30)31)39(25)35-27(34-26)41-18-20-9-7-11-36(20)3/h4-6,8,10,16,20,22H,1,7,9,11-15,17-18H2,3H3/t20-,22-/m0/s1. The van der Waals surface area contributed by atoms with E-state index in [9.17, 15) is 18.0 Å². The number of benzene rings is 1. The molecule has 0 bridgehead atoms. The Morgan fingerprint density at radius 3 is 2.76 bits per heavy atom. The molecule has 10 nitrogen and oxygen atoms in total. The third-order valence-corrected chi connectivity index (χ3v) is 7.71. The minimum Gasteiger partial charge on any atom is -0.461 e. The summed E-state index contributed by atoms with van der Waals surface area (Å²) < 4.78 is 48.7. The molecule has 3 aromatic rings. The van der Waals surface area contributed by atoms with Crippen molar-refractivity contribution in [3.63, 3.8) is 0 Å². The number of ether oxygens (including phenoxy) is 1. The maximum absolute atomic E-state index is 13.7. The Morgan fingerprint density at radius 2 is 2.05 bits per heavy atom. The molecule has 0 saturated carbocycles. The van der Waals surface area contributed by atoms with Crippen molar-refractivity contribution in [1.29, 1.82) is 0 Å². The molecular weight excluding hydrogens is 537 g/mol. The first-order valence-corrected chi connectivity index (χ1v) is 13.4. The van der Waals surface area contributed by atoms with E-state index in [0.29, 0.717) is 43.4 Å². The van der Waals surface area contributed by atoms with Gasteiger partial charge in [0, 0.05) is 32.1 Å². The van der Waals surface area contributed by atoms with Gasteiger partial charge in [0.2, 0.25) is 12.5 Å². The maximum Gasteiger partial charge on any atom is 0.416 e. The van der Waals surface area contributed by atoms with Crippen molar-refractivity contribution in [1.82, 2.24) is 29.4 Å². The van der Waals surface area contributed by atoms with E-state index in [4.69, 9.17) is 11.3 Å². The fraction of sp³-hybridized carbons (Fsp3) is 0.464.